The quantitative estimate of drug-likeness (QED) is 0.654. The van der Waals surface area contributed by atoms with Gasteiger partial charge in [0.05, 0.1) is 13.2 Å². The molecule has 0 saturated carbocycles. The molecule has 19 heavy (non-hydrogen) atoms. The maximum atomic E-state index is 11.1. The van der Waals surface area contributed by atoms with Crippen molar-refractivity contribution in [1.82, 2.24) is 4.98 Å². The number of ether oxygens (including phenoxy) is 1. The summed E-state index contributed by atoms with van der Waals surface area (Å²) in [6.45, 7) is 1.69. The summed E-state index contributed by atoms with van der Waals surface area (Å²) in [4.78, 5) is 14.4. The van der Waals surface area contributed by atoms with Crippen LogP contribution in [0.25, 0.3) is 10.9 Å². The molecule has 2 rings (SSSR count). The second-order valence-electron chi connectivity index (χ2n) is 4.46. The smallest absolute Gasteiger partial charge is 0.330 e. The minimum atomic E-state index is -0.603. The van der Waals surface area contributed by atoms with Crippen LogP contribution in [0.4, 0.5) is 0 Å². The number of hydrogen-bond acceptors (Lipinski definition) is 3. The Morgan fingerprint density at radius 3 is 2.79 bits per heavy atom. The van der Waals surface area contributed by atoms with E-state index in [9.17, 15) is 9.90 Å². The van der Waals surface area contributed by atoms with E-state index in [0.717, 1.165) is 16.6 Å². The predicted octanol–water partition coefficient (Wildman–Crippen LogP) is 2.36. The van der Waals surface area contributed by atoms with Crippen molar-refractivity contribution in [2.75, 3.05) is 7.11 Å². The van der Waals surface area contributed by atoms with Crippen LogP contribution in [0.2, 0.25) is 0 Å². The molecule has 4 heteroatoms. The molecular formula is C15H17NO3. The highest BCUT2D eigenvalue weighted by molar-refractivity contribution is 5.82. The van der Waals surface area contributed by atoms with Crippen LogP contribution in [-0.2, 0) is 9.53 Å². The van der Waals surface area contributed by atoms with Gasteiger partial charge >= 0.3 is 5.97 Å². The highest BCUT2D eigenvalue weighted by Gasteiger charge is 2.17. The minimum absolute atomic E-state index is 0.272. The lowest BCUT2D eigenvalue weighted by atomic mass is 9.99. The normalized spacial score (nSPS) is 14.7. The average molecular weight is 259 g/mol. The van der Waals surface area contributed by atoms with Gasteiger partial charge in [-0.3, -0.25) is 0 Å². The standard InChI is InChI=1S/C15H17NO3/c1-10(17)12(7-8-15(18)19-2)14-9-11-5-3-4-6-13(11)16-14/h3-10,12,16-17H,1-2H3/b8-7+/t10-,12+/m0/s1. The summed E-state index contributed by atoms with van der Waals surface area (Å²) < 4.78 is 4.56. The molecule has 100 valence electrons. The van der Waals surface area contributed by atoms with Crippen molar-refractivity contribution in [3.05, 3.63) is 48.2 Å². The van der Waals surface area contributed by atoms with Gasteiger partial charge in [0.25, 0.3) is 0 Å². The van der Waals surface area contributed by atoms with Gasteiger partial charge in [0, 0.05) is 23.2 Å². The number of aliphatic hydroxyl groups is 1. The fourth-order valence-electron chi connectivity index (χ4n) is 2.05. The molecular weight excluding hydrogens is 242 g/mol. The Balaban J connectivity index is 2.33. The van der Waals surface area contributed by atoms with Crippen molar-refractivity contribution in [1.29, 1.82) is 0 Å². The molecule has 2 aromatic rings. The number of carbonyl (C=O) groups is 1. The summed E-state index contributed by atoms with van der Waals surface area (Å²) in [6.07, 6.45) is 2.39. The van der Waals surface area contributed by atoms with Gasteiger partial charge in [0.2, 0.25) is 0 Å². The number of benzene rings is 1. The minimum Gasteiger partial charge on any atom is -0.466 e. The van der Waals surface area contributed by atoms with Crippen molar-refractivity contribution in [3.63, 3.8) is 0 Å². The van der Waals surface area contributed by atoms with Crippen LogP contribution in [0, 0.1) is 0 Å². The lowest BCUT2D eigenvalue weighted by Gasteiger charge is -2.14. The van der Waals surface area contributed by atoms with E-state index in [-0.39, 0.29) is 5.92 Å². The van der Waals surface area contributed by atoms with Gasteiger partial charge in [0.15, 0.2) is 0 Å². The van der Waals surface area contributed by atoms with E-state index in [0.29, 0.717) is 0 Å². The molecule has 2 N–H and O–H groups in total. The first-order chi connectivity index (χ1) is 9.11. The molecule has 0 unspecified atom stereocenters. The first kappa shape index (κ1) is 13.4. The lowest BCUT2D eigenvalue weighted by Crippen LogP contribution is -2.13. The number of esters is 1. The number of aromatic nitrogens is 1. The first-order valence-corrected chi connectivity index (χ1v) is 6.13. The number of hydrogen-bond donors (Lipinski definition) is 2. The maximum Gasteiger partial charge on any atom is 0.330 e. The van der Waals surface area contributed by atoms with Crippen LogP contribution in [0.5, 0.6) is 0 Å². The molecule has 4 nitrogen and oxygen atoms in total. The summed E-state index contributed by atoms with van der Waals surface area (Å²) in [6, 6.07) is 9.86. The number of fused-ring (bicyclic) bond motifs is 1. The average Bonchev–Trinajstić information content (AvgIpc) is 2.81. The number of methoxy groups -OCH3 is 1. The Labute approximate surface area is 111 Å². The second-order valence-corrected chi connectivity index (χ2v) is 4.46. The Bertz CT molecular complexity index is 565. The van der Waals surface area contributed by atoms with Crippen LogP contribution in [0.3, 0.4) is 0 Å². The van der Waals surface area contributed by atoms with Gasteiger partial charge in [-0.2, -0.15) is 0 Å². The number of para-hydroxylation sites is 1. The molecule has 0 spiro atoms. The van der Waals surface area contributed by atoms with E-state index in [1.165, 1.54) is 13.2 Å². The molecule has 0 amide bonds. The number of aliphatic hydroxyl groups excluding tert-OH is 1. The highest BCUT2D eigenvalue weighted by atomic mass is 16.5. The number of aromatic amines is 1. The molecule has 0 aliphatic carbocycles. The van der Waals surface area contributed by atoms with Crippen molar-refractivity contribution < 1.29 is 14.6 Å². The fourth-order valence-corrected chi connectivity index (χ4v) is 2.05. The monoisotopic (exact) mass is 259 g/mol. The third-order valence-electron chi connectivity index (χ3n) is 3.07. The zero-order valence-corrected chi connectivity index (χ0v) is 11.0. The Hall–Kier alpha value is -2.07. The van der Waals surface area contributed by atoms with Crippen LogP contribution in [0.1, 0.15) is 18.5 Å². The number of carbonyl (C=O) groups excluding carboxylic acids is 1. The number of nitrogens with one attached hydrogen (secondary N) is 1. The molecule has 0 aliphatic heterocycles. The van der Waals surface area contributed by atoms with Crippen LogP contribution < -0.4 is 0 Å². The summed E-state index contributed by atoms with van der Waals surface area (Å²) in [5.74, 6) is -0.701. The Morgan fingerprint density at radius 2 is 2.16 bits per heavy atom. The lowest BCUT2D eigenvalue weighted by molar-refractivity contribution is -0.134. The Kier molecular flexibility index (Phi) is 4.02. The Morgan fingerprint density at radius 1 is 1.42 bits per heavy atom. The predicted molar refractivity (Wildman–Crippen MR) is 73.9 cm³/mol. The molecule has 1 aromatic heterocycles. The van der Waals surface area contributed by atoms with Gasteiger partial charge in [-0.25, -0.2) is 4.79 Å². The summed E-state index contributed by atoms with van der Waals surface area (Å²) in [5.41, 5.74) is 1.88. The summed E-state index contributed by atoms with van der Waals surface area (Å²) in [7, 11) is 1.33. The molecule has 1 aromatic carbocycles. The molecule has 0 saturated heterocycles. The van der Waals surface area contributed by atoms with Gasteiger partial charge in [-0.05, 0) is 24.4 Å². The van der Waals surface area contributed by atoms with E-state index in [1.54, 1.807) is 13.0 Å². The van der Waals surface area contributed by atoms with E-state index in [2.05, 4.69) is 9.72 Å². The molecule has 1 heterocycles. The van der Waals surface area contributed by atoms with Gasteiger partial charge in [0.1, 0.15) is 0 Å². The van der Waals surface area contributed by atoms with Crippen molar-refractivity contribution >= 4 is 16.9 Å². The zero-order valence-electron chi connectivity index (χ0n) is 11.0. The first-order valence-electron chi connectivity index (χ1n) is 6.13. The molecule has 0 bridgehead atoms. The molecule has 2 atom stereocenters. The topological polar surface area (TPSA) is 62.3 Å². The van der Waals surface area contributed by atoms with E-state index in [1.807, 2.05) is 30.3 Å². The van der Waals surface area contributed by atoms with Crippen molar-refractivity contribution in [2.24, 2.45) is 0 Å². The van der Waals surface area contributed by atoms with Gasteiger partial charge < -0.3 is 14.8 Å². The second kappa shape index (κ2) is 5.71. The highest BCUT2D eigenvalue weighted by Crippen LogP contribution is 2.25. The molecule has 0 fully saturated rings. The van der Waals surface area contributed by atoms with E-state index < -0.39 is 12.1 Å². The van der Waals surface area contributed by atoms with Crippen LogP contribution in [0.15, 0.2) is 42.5 Å². The largest absolute Gasteiger partial charge is 0.466 e. The number of H-pyrrole nitrogens is 1. The maximum absolute atomic E-state index is 11.1. The molecule has 0 aliphatic rings. The van der Waals surface area contributed by atoms with Crippen LogP contribution in [-0.4, -0.2) is 29.3 Å². The van der Waals surface area contributed by atoms with Crippen LogP contribution >= 0.6 is 0 Å². The van der Waals surface area contributed by atoms with Gasteiger partial charge in [-0.1, -0.05) is 24.3 Å². The third-order valence-corrected chi connectivity index (χ3v) is 3.07. The fraction of sp³-hybridized carbons (Fsp3) is 0.267. The van der Waals surface area contributed by atoms with Gasteiger partial charge in [-0.15, -0.1) is 0 Å². The van der Waals surface area contributed by atoms with E-state index >= 15 is 0 Å². The number of rotatable bonds is 4. The van der Waals surface area contributed by atoms with E-state index in [4.69, 9.17) is 0 Å². The third kappa shape index (κ3) is 3.03. The van der Waals surface area contributed by atoms with Crippen molar-refractivity contribution in [3.8, 4) is 0 Å². The zero-order chi connectivity index (χ0) is 13.8. The van der Waals surface area contributed by atoms with Crippen molar-refractivity contribution in [2.45, 2.75) is 18.9 Å². The SMILES string of the molecule is COC(=O)/C=C/[C@@H](c1cc2ccccc2[nH]1)[C@H](C)O. The summed E-state index contributed by atoms with van der Waals surface area (Å²) in [5, 5.41) is 10.9. The summed E-state index contributed by atoms with van der Waals surface area (Å²) >= 11 is 0. The molecule has 0 radical (unpaired) electrons.